The van der Waals surface area contributed by atoms with Crippen LogP contribution in [0.2, 0.25) is 0 Å². The minimum absolute atomic E-state index is 0.241. The van der Waals surface area contributed by atoms with E-state index >= 15 is 0 Å². The van der Waals surface area contributed by atoms with E-state index in [4.69, 9.17) is 9.84 Å². The van der Waals surface area contributed by atoms with E-state index in [0.717, 1.165) is 38.9 Å². The van der Waals surface area contributed by atoms with Gasteiger partial charge in [0.05, 0.1) is 12.5 Å². The second-order valence-electron chi connectivity index (χ2n) is 4.23. The average molecular weight is 256 g/mol. The molecule has 0 fully saturated rings. The molecule has 0 spiro atoms. The zero-order valence-electron chi connectivity index (χ0n) is 10.4. The van der Waals surface area contributed by atoms with Gasteiger partial charge >= 0.3 is 6.18 Å². The molecule has 0 unspecified atom stereocenters. The Kier molecular flexibility index (Phi) is 9.55. The van der Waals surface area contributed by atoms with Gasteiger partial charge in [-0.2, -0.15) is 13.2 Å². The number of alkyl halides is 3. The van der Waals surface area contributed by atoms with E-state index < -0.39 is 18.7 Å². The van der Waals surface area contributed by atoms with Crippen molar-refractivity contribution in [3.8, 4) is 0 Å². The summed E-state index contributed by atoms with van der Waals surface area (Å²) in [6, 6.07) is 0. The predicted molar refractivity (Wildman–Crippen MR) is 60.9 cm³/mol. The Bertz CT molecular complexity index is 172. The van der Waals surface area contributed by atoms with Crippen molar-refractivity contribution in [1.82, 2.24) is 0 Å². The molecule has 0 saturated carbocycles. The fourth-order valence-corrected chi connectivity index (χ4v) is 1.63. The third-order valence-electron chi connectivity index (χ3n) is 2.50. The van der Waals surface area contributed by atoms with E-state index in [9.17, 15) is 13.2 Å². The molecule has 104 valence electrons. The molecule has 1 N–H and O–H groups in total. The monoisotopic (exact) mass is 256 g/mol. The Balaban J connectivity index is 3.22. The number of hydrogen-bond acceptors (Lipinski definition) is 2. The number of ether oxygens (including phenoxy) is 1. The van der Waals surface area contributed by atoms with Crippen LogP contribution in [0.15, 0.2) is 0 Å². The summed E-state index contributed by atoms with van der Waals surface area (Å²) < 4.78 is 40.8. The minimum atomic E-state index is -4.25. The molecule has 0 aromatic carbocycles. The van der Waals surface area contributed by atoms with Crippen molar-refractivity contribution in [2.45, 2.75) is 64.1 Å². The zero-order chi connectivity index (χ0) is 13.1. The molecule has 1 atom stereocenters. The summed E-state index contributed by atoms with van der Waals surface area (Å²) in [5, 5.41) is 9.12. The summed E-state index contributed by atoms with van der Waals surface area (Å²) in [5.74, 6) is 0. The molecule has 0 saturated heterocycles. The minimum Gasteiger partial charge on any atom is -0.393 e. The molecule has 0 aromatic heterocycles. The lowest BCUT2D eigenvalue weighted by molar-refractivity contribution is -0.154. The van der Waals surface area contributed by atoms with Crippen LogP contribution in [0.3, 0.4) is 0 Å². The van der Waals surface area contributed by atoms with Gasteiger partial charge in [0.1, 0.15) is 0 Å². The Labute approximate surface area is 101 Å². The van der Waals surface area contributed by atoms with Gasteiger partial charge in [0, 0.05) is 13.2 Å². The normalized spacial score (nSPS) is 13.9. The van der Waals surface area contributed by atoms with Gasteiger partial charge in [-0.05, 0) is 19.8 Å². The largest absolute Gasteiger partial charge is 0.393 e. The highest BCUT2D eigenvalue weighted by Gasteiger charge is 2.30. The fourth-order valence-electron chi connectivity index (χ4n) is 1.63. The van der Waals surface area contributed by atoms with Gasteiger partial charge in [0.25, 0.3) is 0 Å². The van der Waals surface area contributed by atoms with Gasteiger partial charge in [-0.1, -0.05) is 25.7 Å². The zero-order valence-corrected chi connectivity index (χ0v) is 10.4. The van der Waals surface area contributed by atoms with Gasteiger partial charge in [-0.25, -0.2) is 0 Å². The first kappa shape index (κ1) is 16.7. The highest BCUT2D eigenvalue weighted by molar-refractivity contribution is 4.61. The maximum atomic E-state index is 11.9. The van der Waals surface area contributed by atoms with Crippen LogP contribution in [-0.2, 0) is 4.74 Å². The van der Waals surface area contributed by atoms with Crippen LogP contribution < -0.4 is 0 Å². The summed E-state index contributed by atoms with van der Waals surface area (Å²) in [6.45, 7) is 3.43. The molecule has 0 bridgehead atoms. The van der Waals surface area contributed by atoms with Gasteiger partial charge < -0.3 is 9.84 Å². The van der Waals surface area contributed by atoms with E-state index in [2.05, 4.69) is 0 Å². The molecule has 0 amide bonds. The standard InChI is InChI=1S/C12H23F3O2/c1-2-17-9-7-5-3-4-6-8-11(16)10-12(13,14)15/h11,16H,2-10H2,1H3/t11-/m1/s1. The maximum Gasteiger partial charge on any atom is 0.391 e. The van der Waals surface area contributed by atoms with E-state index in [1.54, 1.807) is 0 Å². The molecule has 17 heavy (non-hydrogen) atoms. The number of aliphatic hydroxyl groups is 1. The summed E-state index contributed by atoms with van der Waals surface area (Å²) in [4.78, 5) is 0. The molecule has 2 nitrogen and oxygen atoms in total. The Hall–Kier alpha value is -0.290. The van der Waals surface area contributed by atoms with Gasteiger partial charge in [0.15, 0.2) is 0 Å². The average Bonchev–Trinajstić information content (AvgIpc) is 2.19. The molecular formula is C12H23F3O2. The highest BCUT2D eigenvalue weighted by atomic mass is 19.4. The Morgan fingerprint density at radius 2 is 1.65 bits per heavy atom. The number of rotatable bonds is 10. The summed E-state index contributed by atoms with van der Waals surface area (Å²) >= 11 is 0. The van der Waals surface area contributed by atoms with Crippen molar-refractivity contribution in [3.63, 3.8) is 0 Å². The quantitative estimate of drug-likeness (QED) is 0.604. The third kappa shape index (κ3) is 13.6. The third-order valence-corrected chi connectivity index (χ3v) is 2.50. The first-order valence-electron chi connectivity index (χ1n) is 6.28. The van der Waals surface area contributed by atoms with Crippen molar-refractivity contribution < 1.29 is 23.0 Å². The Morgan fingerprint density at radius 1 is 1.06 bits per heavy atom. The van der Waals surface area contributed by atoms with Crippen molar-refractivity contribution in [1.29, 1.82) is 0 Å². The first-order chi connectivity index (χ1) is 7.95. The molecule has 0 rings (SSSR count). The molecule has 0 aliphatic heterocycles. The lowest BCUT2D eigenvalue weighted by Gasteiger charge is -2.12. The molecule has 0 aliphatic carbocycles. The van der Waals surface area contributed by atoms with Crippen LogP contribution in [0.1, 0.15) is 51.9 Å². The molecule has 0 aromatic rings. The van der Waals surface area contributed by atoms with Crippen LogP contribution in [0.4, 0.5) is 13.2 Å². The van der Waals surface area contributed by atoms with Crippen LogP contribution in [-0.4, -0.2) is 30.6 Å². The van der Waals surface area contributed by atoms with Crippen LogP contribution in [0.5, 0.6) is 0 Å². The van der Waals surface area contributed by atoms with Crippen LogP contribution in [0, 0.1) is 0 Å². The second-order valence-corrected chi connectivity index (χ2v) is 4.23. The number of unbranched alkanes of at least 4 members (excludes halogenated alkanes) is 4. The smallest absolute Gasteiger partial charge is 0.391 e. The Morgan fingerprint density at radius 3 is 2.24 bits per heavy atom. The summed E-state index contributed by atoms with van der Waals surface area (Å²) in [6.07, 6.45) is -1.77. The predicted octanol–water partition coefficient (Wildman–Crippen LogP) is 3.68. The van der Waals surface area contributed by atoms with Gasteiger partial charge in [-0.3, -0.25) is 0 Å². The topological polar surface area (TPSA) is 29.5 Å². The van der Waals surface area contributed by atoms with E-state index in [1.807, 2.05) is 6.92 Å². The molecule has 0 heterocycles. The van der Waals surface area contributed by atoms with Crippen molar-refractivity contribution in [3.05, 3.63) is 0 Å². The highest BCUT2D eigenvalue weighted by Crippen LogP contribution is 2.23. The van der Waals surface area contributed by atoms with Crippen LogP contribution in [0.25, 0.3) is 0 Å². The summed E-state index contributed by atoms with van der Waals surface area (Å²) in [5.41, 5.74) is 0. The van der Waals surface area contributed by atoms with Gasteiger partial charge in [0.2, 0.25) is 0 Å². The maximum absolute atomic E-state index is 11.9. The number of halogens is 3. The molecule has 0 radical (unpaired) electrons. The van der Waals surface area contributed by atoms with Crippen LogP contribution >= 0.6 is 0 Å². The first-order valence-corrected chi connectivity index (χ1v) is 6.28. The lowest BCUT2D eigenvalue weighted by atomic mass is 10.1. The SMILES string of the molecule is CCOCCCCCCC[C@@H](O)CC(F)(F)F. The molecular weight excluding hydrogens is 233 g/mol. The van der Waals surface area contributed by atoms with Crippen molar-refractivity contribution in [2.24, 2.45) is 0 Å². The van der Waals surface area contributed by atoms with E-state index in [1.165, 1.54) is 0 Å². The number of hydrogen-bond donors (Lipinski definition) is 1. The molecule has 0 aliphatic rings. The second kappa shape index (κ2) is 9.71. The van der Waals surface area contributed by atoms with Crippen molar-refractivity contribution >= 4 is 0 Å². The van der Waals surface area contributed by atoms with E-state index in [0.29, 0.717) is 6.42 Å². The summed E-state index contributed by atoms with van der Waals surface area (Å²) in [7, 11) is 0. The molecule has 5 heteroatoms. The number of aliphatic hydroxyl groups excluding tert-OH is 1. The van der Waals surface area contributed by atoms with Gasteiger partial charge in [-0.15, -0.1) is 0 Å². The van der Waals surface area contributed by atoms with Crippen molar-refractivity contribution in [2.75, 3.05) is 13.2 Å². The fraction of sp³-hybridized carbons (Fsp3) is 1.00. The van der Waals surface area contributed by atoms with E-state index in [-0.39, 0.29) is 6.42 Å². The lowest BCUT2D eigenvalue weighted by Crippen LogP contribution is -2.19.